The minimum atomic E-state index is -0.530. The fraction of sp³-hybridized carbons (Fsp3) is 0.400. The lowest BCUT2D eigenvalue weighted by molar-refractivity contribution is 0.190. The summed E-state index contributed by atoms with van der Waals surface area (Å²) in [6.07, 6.45) is 0.422. The SMILES string of the molecule is CCc1nc(COc2cc(C)ccc2[C@H](C)O)cs1. The van der Waals surface area contributed by atoms with Crippen molar-refractivity contribution in [3.63, 3.8) is 0 Å². The van der Waals surface area contributed by atoms with Crippen LogP contribution < -0.4 is 4.74 Å². The van der Waals surface area contributed by atoms with Gasteiger partial charge in [0.1, 0.15) is 12.4 Å². The van der Waals surface area contributed by atoms with Crippen LogP contribution in [0.3, 0.4) is 0 Å². The third-order valence-electron chi connectivity index (χ3n) is 2.90. The highest BCUT2D eigenvalue weighted by Gasteiger charge is 2.10. The third-order valence-corrected chi connectivity index (χ3v) is 3.94. The van der Waals surface area contributed by atoms with Gasteiger partial charge in [0.2, 0.25) is 0 Å². The molecule has 4 heteroatoms. The number of rotatable bonds is 5. The molecule has 1 N–H and O–H groups in total. The maximum atomic E-state index is 9.74. The van der Waals surface area contributed by atoms with Crippen LogP contribution in [-0.4, -0.2) is 10.1 Å². The molecule has 0 bridgehead atoms. The minimum Gasteiger partial charge on any atom is -0.487 e. The molecule has 102 valence electrons. The molecule has 1 aromatic heterocycles. The number of aryl methyl sites for hydroxylation is 2. The maximum absolute atomic E-state index is 9.74. The van der Waals surface area contributed by atoms with Gasteiger partial charge in [-0.2, -0.15) is 0 Å². The smallest absolute Gasteiger partial charge is 0.131 e. The van der Waals surface area contributed by atoms with Gasteiger partial charge in [-0.3, -0.25) is 0 Å². The molecule has 0 spiro atoms. The van der Waals surface area contributed by atoms with Crippen LogP contribution in [0.4, 0.5) is 0 Å². The average molecular weight is 277 g/mol. The van der Waals surface area contributed by atoms with E-state index in [4.69, 9.17) is 4.74 Å². The Morgan fingerprint density at radius 2 is 2.21 bits per heavy atom. The van der Waals surface area contributed by atoms with E-state index in [-0.39, 0.29) is 0 Å². The van der Waals surface area contributed by atoms with E-state index in [2.05, 4.69) is 11.9 Å². The van der Waals surface area contributed by atoms with Crippen molar-refractivity contribution in [2.45, 2.75) is 39.9 Å². The van der Waals surface area contributed by atoms with E-state index in [9.17, 15) is 5.11 Å². The predicted octanol–water partition coefficient (Wildman–Crippen LogP) is 3.65. The Bertz CT molecular complexity index is 549. The van der Waals surface area contributed by atoms with Crippen LogP contribution in [0, 0.1) is 6.92 Å². The Hall–Kier alpha value is -1.39. The lowest BCUT2D eigenvalue weighted by atomic mass is 10.1. The van der Waals surface area contributed by atoms with Gasteiger partial charge in [-0.1, -0.05) is 19.1 Å². The number of aliphatic hydroxyl groups excluding tert-OH is 1. The van der Waals surface area contributed by atoms with E-state index in [0.29, 0.717) is 6.61 Å². The number of ether oxygens (including phenoxy) is 1. The Morgan fingerprint density at radius 1 is 1.42 bits per heavy atom. The molecule has 0 unspecified atom stereocenters. The average Bonchev–Trinajstić information content (AvgIpc) is 2.84. The van der Waals surface area contributed by atoms with Crippen molar-refractivity contribution >= 4 is 11.3 Å². The quantitative estimate of drug-likeness (QED) is 0.907. The van der Waals surface area contributed by atoms with Crippen molar-refractivity contribution in [1.82, 2.24) is 4.98 Å². The highest BCUT2D eigenvalue weighted by atomic mass is 32.1. The molecule has 3 nitrogen and oxygen atoms in total. The highest BCUT2D eigenvalue weighted by molar-refractivity contribution is 7.09. The number of hydrogen-bond acceptors (Lipinski definition) is 4. The van der Waals surface area contributed by atoms with Crippen LogP contribution in [0.2, 0.25) is 0 Å². The van der Waals surface area contributed by atoms with Crippen LogP contribution in [0.15, 0.2) is 23.6 Å². The van der Waals surface area contributed by atoms with Gasteiger partial charge < -0.3 is 9.84 Å². The Labute approximate surface area is 117 Å². The van der Waals surface area contributed by atoms with Crippen molar-refractivity contribution in [2.75, 3.05) is 0 Å². The zero-order valence-corrected chi connectivity index (χ0v) is 12.3. The summed E-state index contributed by atoms with van der Waals surface area (Å²) in [4.78, 5) is 4.47. The molecule has 0 aliphatic carbocycles. The molecule has 1 aromatic carbocycles. The van der Waals surface area contributed by atoms with E-state index in [1.807, 2.05) is 30.5 Å². The molecule has 0 radical (unpaired) electrons. The molecular weight excluding hydrogens is 258 g/mol. The van der Waals surface area contributed by atoms with Gasteiger partial charge in [0.25, 0.3) is 0 Å². The summed E-state index contributed by atoms with van der Waals surface area (Å²) in [6, 6.07) is 5.84. The molecule has 1 heterocycles. The van der Waals surface area contributed by atoms with Crippen LogP contribution in [0.5, 0.6) is 5.75 Å². The van der Waals surface area contributed by atoms with Gasteiger partial charge in [0.05, 0.1) is 16.8 Å². The molecule has 0 saturated carbocycles. The number of nitrogens with zero attached hydrogens (tertiary/aromatic N) is 1. The molecule has 2 aromatic rings. The maximum Gasteiger partial charge on any atom is 0.131 e. The largest absolute Gasteiger partial charge is 0.487 e. The highest BCUT2D eigenvalue weighted by Crippen LogP contribution is 2.27. The number of aliphatic hydroxyl groups is 1. The zero-order valence-electron chi connectivity index (χ0n) is 11.5. The molecule has 0 fully saturated rings. The molecule has 0 aliphatic rings. The fourth-order valence-electron chi connectivity index (χ4n) is 1.84. The standard InChI is InChI=1S/C15H19NO2S/c1-4-15-16-12(9-19-15)8-18-14-7-10(2)5-6-13(14)11(3)17/h5-7,9,11,17H,4,8H2,1-3H3/t11-/m0/s1. The summed E-state index contributed by atoms with van der Waals surface area (Å²) in [5.74, 6) is 0.737. The first-order valence-electron chi connectivity index (χ1n) is 6.44. The van der Waals surface area contributed by atoms with Crippen molar-refractivity contribution in [3.05, 3.63) is 45.4 Å². The Morgan fingerprint density at radius 3 is 2.84 bits per heavy atom. The zero-order chi connectivity index (χ0) is 13.8. The minimum absolute atomic E-state index is 0.444. The molecular formula is C15H19NO2S. The first kappa shape index (κ1) is 14.0. The Balaban J connectivity index is 2.12. The van der Waals surface area contributed by atoms with E-state index in [1.165, 1.54) is 0 Å². The van der Waals surface area contributed by atoms with Gasteiger partial charge in [-0.25, -0.2) is 4.98 Å². The molecule has 2 rings (SSSR count). The molecule has 1 atom stereocenters. The van der Waals surface area contributed by atoms with Gasteiger partial charge in [0.15, 0.2) is 0 Å². The lowest BCUT2D eigenvalue weighted by Gasteiger charge is -2.13. The lowest BCUT2D eigenvalue weighted by Crippen LogP contribution is -2.01. The second-order valence-electron chi connectivity index (χ2n) is 4.59. The van der Waals surface area contributed by atoms with Gasteiger partial charge in [-0.15, -0.1) is 11.3 Å². The van der Waals surface area contributed by atoms with Crippen molar-refractivity contribution in [3.8, 4) is 5.75 Å². The second kappa shape index (κ2) is 6.17. The van der Waals surface area contributed by atoms with Gasteiger partial charge >= 0.3 is 0 Å². The Kier molecular flexibility index (Phi) is 4.56. The van der Waals surface area contributed by atoms with Gasteiger partial charge in [-0.05, 0) is 31.9 Å². The summed E-state index contributed by atoms with van der Waals surface area (Å²) in [7, 11) is 0. The van der Waals surface area contributed by atoms with Crippen LogP contribution >= 0.6 is 11.3 Å². The van der Waals surface area contributed by atoms with Gasteiger partial charge in [0, 0.05) is 10.9 Å². The molecule has 0 saturated heterocycles. The van der Waals surface area contributed by atoms with E-state index in [1.54, 1.807) is 18.3 Å². The summed E-state index contributed by atoms with van der Waals surface area (Å²) < 4.78 is 5.81. The topological polar surface area (TPSA) is 42.4 Å². The summed E-state index contributed by atoms with van der Waals surface area (Å²) in [6.45, 7) is 6.29. The summed E-state index contributed by atoms with van der Waals surface area (Å²) >= 11 is 1.66. The van der Waals surface area contributed by atoms with Crippen molar-refractivity contribution in [1.29, 1.82) is 0 Å². The van der Waals surface area contributed by atoms with Crippen LogP contribution in [0.1, 0.15) is 41.8 Å². The first-order valence-corrected chi connectivity index (χ1v) is 7.32. The summed E-state index contributed by atoms with van der Waals surface area (Å²) in [5.41, 5.74) is 2.88. The fourth-order valence-corrected chi connectivity index (χ4v) is 2.57. The third kappa shape index (κ3) is 3.55. The predicted molar refractivity (Wildman–Crippen MR) is 77.6 cm³/mol. The molecule has 0 amide bonds. The molecule has 0 aliphatic heterocycles. The first-order chi connectivity index (χ1) is 9.10. The normalized spacial score (nSPS) is 12.4. The number of aromatic nitrogens is 1. The van der Waals surface area contributed by atoms with E-state index >= 15 is 0 Å². The van der Waals surface area contributed by atoms with Crippen molar-refractivity contribution < 1.29 is 9.84 Å². The summed E-state index contributed by atoms with van der Waals surface area (Å²) in [5, 5.41) is 12.9. The van der Waals surface area contributed by atoms with Crippen LogP contribution in [0.25, 0.3) is 0 Å². The molecule has 19 heavy (non-hydrogen) atoms. The number of hydrogen-bond donors (Lipinski definition) is 1. The number of thiazole rings is 1. The number of benzene rings is 1. The van der Waals surface area contributed by atoms with Crippen LogP contribution in [-0.2, 0) is 13.0 Å². The van der Waals surface area contributed by atoms with Crippen molar-refractivity contribution in [2.24, 2.45) is 0 Å². The second-order valence-corrected chi connectivity index (χ2v) is 5.53. The monoisotopic (exact) mass is 277 g/mol. The van der Waals surface area contributed by atoms with E-state index < -0.39 is 6.10 Å². The van der Waals surface area contributed by atoms with E-state index in [0.717, 1.165) is 34.0 Å².